The Kier molecular flexibility index (Phi) is 7.28. The zero-order valence-electron chi connectivity index (χ0n) is 16.3. The lowest BCUT2D eigenvalue weighted by Gasteiger charge is -2.15. The van der Waals surface area contributed by atoms with Gasteiger partial charge in [0.1, 0.15) is 0 Å². The van der Waals surface area contributed by atoms with Gasteiger partial charge < -0.3 is 4.57 Å². The van der Waals surface area contributed by atoms with Crippen LogP contribution in [0.2, 0.25) is 10.0 Å². The summed E-state index contributed by atoms with van der Waals surface area (Å²) in [6, 6.07) is 12.1. The Morgan fingerprint density at radius 3 is 2.36 bits per heavy atom. The van der Waals surface area contributed by atoms with Gasteiger partial charge in [-0.25, -0.2) is 0 Å². The number of rotatable bonds is 7. The van der Waals surface area contributed by atoms with Crippen molar-refractivity contribution in [1.29, 1.82) is 0 Å². The average Bonchev–Trinajstić information content (AvgIpc) is 2.97. The highest BCUT2D eigenvalue weighted by Gasteiger charge is 2.18. The number of allylic oxidation sites excluding steroid dienone is 1. The summed E-state index contributed by atoms with van der Waals surface area (Å²) in [6.07, 6.45) is 9.10. The van der Waals surface area contributed by atoms with E-state index in [2.05, 4.69) is 60.7 Å². The van der Waals surface area contributed by atoms with E-state index in [0.29, 0.717) is 16.0 Å². The van der Waals surface area contributed by atoms with E-state index in [9.17, 15) is 0 Å². The van der Waals surface area contributed by atoms with Crippen LogP contribution in [-0.4, -0.2) is 9.55 Å². The molecule has 2 heterocycles. The molecule has 0 aliphatic heterocycles. The van der Waals surface area contributed by atoms with Gasteiger partial charge in [-0.1, -0.05) is 61.8 Å². The predicted molar refractivity (Wildman–Crippen MR) is 122 cm³/mol. The maximum atomic E-state index is 6.24. The fraction of sp³-hybridized carbons (Fsp3) is 0.261. The molecule has 146 valence electrons. The molecule has 0 aliphatic rings. The van der Waals surface area contributed by atoms with Gasteiger partial charge in [-0.15, -0.1) is 0 Å². The van der Waals surface area contributed by atoms with E-state index in [0.717, 1.165) is 17.9 Å². The first-order chi connectivity index (χ1) is 13.5. The molecule has 0 spiro atoms. The van der Waals surface area contributed by atoms with Crippen LogP contribution in [0, 0.1) is 0 Å². The Bertz CT molecular complexity index is 942. The Hall–Kier alpha value is -1.68. The fourth-order valence-electron chi connectivity index (χ4n) is 3.01. The second kappa shape index (κ2) is 9.69. The molecule has 0 unspecified atom stereocenters. The van der Waals surface area contributed by atoms with Gasteiger partial charge in [-0.05, 0) is 65.9 Å². The fourth-order valence-corrected chi connectivity index (χ4v) is 4.95. The van der Waals surface area contributed by atoms with Crippen LogP contribution in [0.1, 0.15) is 49.9 Å². The molecule has 0 aliphatic carbocycles. The molecule has 0 N–H and O–H groups in total. The quantitative estimate of drug-likeness (QED) is 0.378. The number of benzene rings is 1. The highest BCUT2D eigenvalue weighted by Crippen LogP contribution is 2.39. The Morgan fingerprint density at radius 2 is 1.75 bits per heavy atom. The molecule has 2 aromatic heterocycles. The largest absolute Gasteiger partial charge is 0.331 e. The lowest BCUT2D eigenvalue weighted by molar-refractivity contribution is 0.702. The zero-order valence-corrected chi connectivity index (χ0v) is 18.7. The van der Waals surface area contributed by atoms with Crippen LogP contribution in [0.25, 0.3) is 6.08 Å². The highest BCUT2D eigenvalue weighted by molar-refractivity contribution is 7.99. The van der Waals surface area contributed by atoms with E-state index >= 15 is 0 Å². The van der Waals surface area contributed by atoms with Gasteiger partial charge in [0.2, 0.25) is 0 Å². The second-order valence-electron chi connectivity index (χ2n) is 6.94. The Morgan fingerprint density at radius 1 is 1.07 bits per heavy atom. The molecule has 0 saturated heterocycles. The minimum absolute atomic E-state index is 0.407. The maximum absolute atomic E-state index is 6.24. The molecule has 0 bridgehead atoms. The molecule has 0 fully saturated rings. The molecular formula is C23H24Cl2N2S. The molecule has 0 amide bonds. The first-order valence-electron chi connectivity index (χ1n) is 9.40. The molecule has 0 atom stereocenters. The lowest BCUT2D eigenvalue weighted by atomic mass is 10.1. The van der Waals surface area contributed by atoms with Crippen LogP contribution in [0.15, 0.2) is 64.8 Å². The summed E-state index contributed by atoms with van der Waals surface area (Å²) in [7, 11) is 0. The maximum Gasteiger partial charge on any atom is 0.0839 e. The SMILES string of the molecule is CCC=Cc1cc(C(C)C)c(Sc2cc(Cl)cc(Cl)c2)n1Cc1ccncc1. The average molecular weight is 431 g/mol. The smallest absolute Gasteiger partial charge is 0.0839 e. The number of hydrogen-bond donors (Lipinski definition) is 0. The van der Waals surface area contributed by atoms with E-state index in [1.54, 1.807) is 17.8 Å². The predicted octanol–water partition coefficient (Wildman–Crippen LogP) is 7.94. The van der Waals surface area contributed by atoms with Crippen molar-refractivity contribution in [1.82, 2.24) is 9.55 Å². The molecule has 5 heteroatoms. The van der Waals surface area contributed by atoms with Crippen LogP contribution in [0.4, 0.5) is 0 Å². The molecule has 2 nitrogen and oxygen atoms in total. The third-order valence-corrected chi connectivity index (χ3v) is 5.95. The van der Waals surface area contributed by atoms with Gasteiger partial charge in [-0.2, -0.15) is 0 Å². The van der Waals surface area contributed by atoms with Crippen LogP contribution in [0.3, 0.4) is 0 Å². The zero-order chi connectivity index (χ0) is 20.1. The van der Waals surface area contributed by atoms with Gasteiger partial charge in [0.25, 0.3) is 0 Å². The summed E-state index contributed by atoms with van der Waals surface area (Å²) < 4.78 is 2.37. The molecule has 28 heavy (non-hydrogen) atoms. The van der Waals surface area contributed by atoms with E-state index in [1.807, 2.05) is 24.5 Å². The topological polar surface area (TPSA) is 17.8 Å². The number of hydrogen-bond acceptors (Lipinski definition) is 2. The van der Waals surface area contributed by atoms with E-state index in [1.165, 1.54) is 21.8 Å². The van der Waals surface area contributed by atoms with E-state index < -0.39 is 0 Å². The number of aromatic nitrogens is 2. The Balaban J connectivity index is 2.11. The molecule has 3 aromatic rings. The molecular weight excluding hydrogens is 407 g/mol. The van der Waals surface area contributed by atoms with Crippen LogP contribution >= 0.6 is 35.0 Å². The summed E-state index contributed by atoms with van der Waals surface area (Å²) >= 11 is 14.2. The van der Waals surface area contributed by atoms with Gasteiger partial charge in [0, 0.05) is 39.6 Å². The van der Waals surface area contributed by atoms with Crippen LogP contribution < -0.4 is 0 Å². The number of halogens is 2. The Labute approximate surface area is 181 Å². The van der Waals surface area contributed by atoms with Gasteiger partial charge in [-0.3, -0.25) is 4.98 Å². The van der Waals surface area contributed by atoms with Crippen LogP contribution in [0.5, 0.6) is 0 Å². The van der Waals surface area contributed by atoms with E-state index in [4.69, 9.17) is 23.2 Å². The lowest BCUT2D eigenvalue weighted by Crippen LogP contribution is -2.04. The highest BCUT2D eigenvalue weighted by atomic mass is 35.5. The molecule has 1 aromatic carbocycles. The number of pyridine rings is 1. The van der Waals surface area contributed by atoms with Crippen LogP contribution in [-0.2, 0) is 6.54 Å². The van der Waals surface area contributed by atoms with Crippen molar-refractivity contribution in [2.24, 2.45) is 0 Å². The summed E-state index contributed by atoms with van der Waals surface area (Å²) in [5.41, 5.74) is 3.75. The van der Waals surface area contributed by atoms with Crippen molar-refractivity contribution < 1.29 is 0 Å². The van der Waals surface area contributed by atoms with Crippen molar-refractivity contribution in [3.63, 3.8) is 0 Å². The van der Waals surface area contributed by atoms with Gasteiger partial charge in [0.15, 0.2) is 0 Å². The van der Waals surface area contributed by atoms with Crippen molar-refractivity contribution in [3.8, 4) is 0 Å². The molecule has 3 rings (SSSR count). The minimum Gasteiger partial charge on any atom is -0.331 e. The molecule has 0 saturated carbocycles. The standard InChI is InChI=1S/C23H24Cl2N2S/c1-4-5-6-20-14-22(16(2)3)23(27(20)15-17-7-9-26-10-8-17)28-21-12-18(24)11-19(25)13-21/h5-14,16H,4,15H2,1-3H3. The summed E-state index contributed by atoms with van der Waals surface area (Å²) in [5, 5.41) is 2.53. The minimum atomic E-state index is 0.407. The normalized spacial score (nSPS) is 11.6. The molecule has 0 radical (unpaired) electrons. The third kappa shape index (κ3) is 5.22. The summed E-state index contributed by atoms with van der Waals surface area (Å²) in [4.78, 5) is 5.19. The summed E-state index contributed by atoms with van der Waals surface area (Å²) in [6.45, 7) is 7.40. The first-order valence-corrected chi connectivity index (χ1v) is 11.0. The second-order valence-corrected chi connectivity index (χ2v) is 8.88. The third-order valence-electron chi connectivity index (χ3n) is 4.39. The van der Waals surface area contributed by atoms with Crippen molar-refractivity contribution in [2.45, 2.75) is 49.6 Å². The van der Waals surface area contributed by atoms with Gasteiger partial charge in [0.05, 0.1) is 5.03 Å². The van der Waals surface area contributed by atoms with Gasteiger partial charge >= 0.3 is 0 Å². The van der Waals surface area contributed by atoms with Crippen molar-refractivity contribution in [3.05, 3.63) is 81.7 Å². The number of nitrogens with zero attached hydrogens (tertiary/aromatic N) is 2. The van der Waals surface area contributed by atoms with E-state index in [-0.39, 0.29) is 0 Å². The first kappa shape index (κ1) is 21.0. The summed E-state index contributed by atoms with van der Waals surface area (Å²) in [5.74, 6) is 0.407. The van der Waals surface area contributed by atoms with Crippen molar-refractivity contribution >= 4 is 41.0 Å². The monoisotopic (exact) mass is 430 g/mol. The van der Waals surface area contributed by atoms with Crippen molar-refractivity contribution in [2.75, 3.05) is 0 Å².